The molecule has 0 spiro atoms. The topological polar surface area (TPSA) is 88.5 Å². The number of hydrogen-bond acceptors (Lipinski definition) is 7. The van der Waals surface area contributed by atoms with E-state index in [9.17, 15) is 31.4 Å². The molecule has 0 aliphatic rings. The van der Waals surface area contributed by atoms with Gasteiger partial charge in [-0.05, 0) is 48.7 Å². The summed E-state index contributed by atoms with van der Waals surface area (Å²) in [5, 5.41) is 15.7. The third-order valence-corrected chi connectivity index (χ3v) is 5.10. The van der Waals surface area contributed by atoms with Crippen LogP contribution in [0, 0.1) is 12.8 Å². The summed E-state index contributed by atoms with van der Waals surface area (Å²) in [6.07, 6.45) is -9.72. The molecule has 13 heteroatoms. The van der Waals surface area contributed by atoms with Gasteiger partial charge in [0.05, 0.1) is 18.3 Å². The van der Waals surface area contributed by atoms with Crippen LogP contribution in [0.15, 0.2) is 48.5 Å². The van der Waals surface area contributed by atoms with Gasteiger partial charge in [-0.15, -0.1) is 26.3 Å². The number of hydrogen-bond donors (Lipinski definition) is 3. The van der Waals surface area contributed by atoms with E-state index in [1.807, 2.05) is 13.8 Å². The highest BCUT2D eigenvalue weighted by Crippen LogP contribution is 2.31. The average molecular weight is 530 g/mol. The summed E-state index contributed by atoms with van der Waals surface area (Å²) >= 11 is 0. The summed E-state index contributed by atoms with van der Waals surface area (Å²) < 4.78 is 83.6. The van der Waals surface area contributed by atoms with Gasteiger partial charge in [0.15, 0.2) is 0 Å². The summed E-state index contributed by atoms with van der Waals surface area (Å²) in [6, 6.07) is 9.91. The van der Waals surface area contributed by atoms with Crippen LogP contribution in [0.4, 0.5) is 43.8 Å². The molecule has 0 unspecified atom stereocenters. The minimum Gasteiger partial charge on any atom is -0.406 e. The van der Waals surface area contributed by atoms with Crippen molar-refractivity contribution in [2.24, 2.45) is 5.92 Å². The van der Waals surface area contributed by atoms with E-state index in [1.165, 1.54) is 30.3 Å². The van der Waals surface area contributed by atoms with Crippen molar-refractivity contribution in [2.45, 2.75) is 39.5 Å². The van der Waals surface area contributed by atoms with E-state index in [0.29, 0.717) is 11.3 Å². The predicted octanol–water partition coefficient (Wildman–Crippen LogP) is 6.42. The number of anilines is 3. The molecule has 7 nitrogen and oxygen atoms in total. The largest absolute Gasteiger partial charge is 0.573 e. The molecule has 0 amide bonds. The maximum Gasteiger partial charge on any atom is 0.573 e. The zero-order chi connectivity index (χ0) is 27.4. The highest BCUT2D eigenvalue weighted by atomic mass is 19.4. The maximum absolute atomic E-state index is 12.7. The number of aliphatic hydroxyl groups is 1. The van der Waals surface area contributed by atoms with Crippen molar-refractivity contribution in [1.82, 2.24) is 9.97 Å². The van der Waals surface area contributed by atoms with Crippen molar-refractivity contribution in [3.05, 3.63) is 54.1 Å². The van der Waals surface area contributed by atoms with Crippen molar-refractivity contribution in [1.29, 1.82) is 0 Å². The molecule has 0 aliphatic heterocycles. The molecule has 1 atom stereocenters. The van der Waals surface area contributed by atoms with Crippen molar-refractivity contribution in [2.75, 3.05) is 17.2 Å². The van der Waals surface area contributed by atoms with Gasteiger partial charge in [-0.2, -0.15) is 4.98 Å². The van der Waals surface area contributed by atoms with Gasteiger partial charge in [0.25, 0.3) is 0 Å². The number of nitrogens with one attached hydrogen (secondary N) is 2. The Morgan fingerprint density at radius 3 is 2.11 bits per heavy atom. The smallest absolute Gasteiger partial charge is 0.406 e. The quantitative estimate of drug-likeness (QED) is 0.275. The lowest BCUT2D eigenvalue weighted by atomic mass is 10.1. The number of aryl methyl sites for hydroxylation is 1. The van der Waals surface area contributed by atoms with Crippen LogP contribution in [0.5, 0.6) is 11.5 Å². The van der Waals surface area contributed by atoms with Crippen LogP contribution in [0.1, 0.15) is 19.4 Å². The Bertz CT molecular complexity index is 1220. The summed E-state index contributed by atoms with van der Waals surface area (Å²) in [6.45, 7) is 5.06. The standard InChI is InChI=1S/C24H24F6N4O3/c1-13(2)20(12-35)33-22-32-19(15-5-4-6-16(10-15)36-23(25,26)27)11-21(34-22)31-18-8-7-17(9-14(18)3)37-24(28,29)30/h4-11,13,20,35H,12H2,1-3H3,(H2,31,32,33,34)/t20-/m1/s1. The molecule has 1 aromatic heterocycles. The third-order valence-electron chi connectivity index (χ3n) is 5.10. The molecule has 3 aromatic rings. The summed E-state index contributed by atoms with van der Waals surface area (Å²) in [5.74, 6) is -0.586. The molecule has 0 saturated carbocycles. The van der Waals surface area contributed by atoms with Crippen LogP contribution in [0.2, 0.25) is 0 Å². The predicted molar refractivity (Wildman–Crippen MR) is 125 cm³/mol. The molecule has 3 N–H and O–H groups in total. The lowest BCUT2D eigenvalue weighted by molar-refractivity contribution is -0.275. The summed E-state index contributed by atoms with van der Waals surface area (Å²) in [5.41, 5.74) is 1.32. The second-order valence-electron chi connectivity index (χ2n) is 8.36. The Hall–Kier alpha value is -3.74. The SMILES string of the molecule is Cc1cc(OC(F)(F)F)ccc1Nc1cc(-c2cccc(OC(F)(F)F)c2)nc(N[C@H](CO)C(C)C)n1. The fraction of sp³-hybridized carbons (Fsp3) is 0.333. The number of aliphatic hydroxyl groups excluding tert-OH is 1. The molecule has 0 fully saturated rings. The molecule has 0 aliphatic carbocycles. The Morgan fingerprint density at radius 2 is 1.54 bits per heavy atom. The third kappa shape index (κ3) is 8.41. The average Bonchev–Trinajstić information content (AvgIpc) is 2.77. The number of aromatic nitrogens is 2. The Labute approximate surface area is 208 Å². The zero-order valence-corrected chi connectivity index (χ0v) is 19.9. The normalized spacial score (nSPS) is 12.8. The minimum absolute atomic E-state index is 0.0133. The molecule has 2 aromatic carbocycles. The van der Waals surface area contributed by atoms with E-state index in [1.54, 1.807) is 6.92 Å². The second-order valence-corrected chi connectivity index (χ2v) is 8.36. The van der Waals surface area contributed by atoms with E-state index >= 15 is 0 Å². The Balaban J connectivity index is 1.99. The van der Waals surface area contributed by atoms with Crippen LogP contribution in [-0.4, -0.2) is 40.4 Å². The van der Waals surface area contributed by atoms with Gasteiger partial charge in [0.1, 0.15) is 17.3 Å². The molecular weight excluding hydrogens is 506 g/mol. The monoisotopic (exact) mass is 530 g/mol. The van der Waals surface area contributed by atoms with Crippen LogP contribution in [0.3, 0.4) is 0 Å². The molecule has 0 radical (unpaired) electrons. The molecule has 0 saturated heterocycles. The Morgan fingerprint density at radius 1 is 0.892 bits per heavy atom. The van der Waals surface area contributed by atoms with E-state index in [2.05, 4.69) is 30.1 Å². The number of alkyl halides is 6. The van der Waals surface area contributed by atoms with Crippen molar-refractivity contribution >= 4 is 17.5 Å². The van der Waals surface area contributed by atoms with Gasteiger partial charge in [0, 0.05) is 17.3 Å². The second kappa shape index (κ2) is 11.1. The first-order chi connectivity index (χ1) is 17.2. The van der Waals surface area contributed by atoms with E-state index in [4.69, 9.17) is 0 Å². The molecular formula is C24H24F6N4O3. The Kier molecular flexibility index (Phi) is 8.36. The van der Waals surface area contributed by atoms with Crippen LogP contribution in [0.25, 0.3) is 11.3 Å². The molecule has 1 heterocycles. The highest BCUT2D eigenvalue weighted by molar-refractivity contribution is 5.69. The zero-order valence-electron chi connectivity index (χ0n) is 19.9. The van der Waals surface area contributed by atoms with Gasteiger partial charge in [-0.3, -0.25) is 0 Å². The van der Waals surface area contributed by atoms with E-state index < -0.39 is 30.3 Å². The van der Waals surface area contributed by atoms with Gasteiger partial charge >= 0.3 is 12.7 Å². The van der Waals surface area contributed by atoms with Crippen LogP contribution in [-0.2, 0) is 0 Å². The lowest BCUT2D eigenvalue weighted by Crippen LogP contribution is -2.30. The van der Waals surface area contributed by atoms with E-state index in [-0.39, 0.29) is 35.5 Å². The number of ether oxygens (including phenoxy) is 2. The van der Waals surface area contributed by atoms with Gasteiger partial charge < -0.3 is 25.2 Å². The summed E-state index contributed by atoms with van der Waals surface area (Å²) in [7, 11) is 0. The molecule has 37 heavy (non-hydrogen) atoms. The van der Waals surface area contributed by atoms with Gasteiger partial charge in [0.2, 0.25) is 5.95 Å². The number of benzene rings is 2. The van der Waals surface area contributed by atoms with Crippen molar-refractivity contribution in [3.63, 3.8) is 0 Å². The molecule has 0 bridgehead atoms. The fourth-order valence-corrected chi connectivity index (χ4v) is 3.28. The molecule has 3 rings (SSSR count). The maximum atomic E-state index is 12.7. The first-order valence-electron chi connectivity index (χ1n) is 11.0. The van der Waals surface area contributed by atoms with E-state index in [0.717, 1.165) is 18.2 Å². The van der Waals surface area contributed by atoms with Gasteiger partial charge in [-0.25, -0.2) is 4.98 Å². The lowest BCUT2D eigenvalue weighted by Gasteiger charge is -2.21. The number of nitrogens with zero attached hydrogens (tertiary/aromatic N) is 2. The van der Waals surface area contributed by atoms with Crippen molar-refractivity contribution in [3.8, 4) is 22.8 Å². The van der Waals surface area contributed by atoms with Gasteiger partial charge in [-0.1, -0.05) is 26.0 Å². The summed E-state index contributed by atoms with van der Waals surface area (Å²) in [4.78, 5) is 8.74. The number of halogens is 6. The first kappa shape index (κ1) is 27.8. The minimum atomic E-state index is -4.88. The van der Waals surface area contributed by atoms with Crippen LogP contribution < -0.4 is 20.1 Å². The first-order valence-corrected chi connectivity index (χ1v) is 11.0. The van der Waals surface area contributed by atoms with Crippen LogP contribution >= 0.6 is 0 Å². The highest BCUT2D eigenvalue weighted by Gasteiger charge is 2.32. The number of rotatable bonds is 9. The van der Waals surface area contributed by atoms with Crippen molar-refractivity contribution < 1.29 is 40.9 Å². The molecule has 200 valence electrons. The fourth-order valence-electron chi connectivity index (χ4n) is 3.28.